The van der Waals surface area contributed by atoms with Crippen molar-refractivity contribution in [1.82, 2.24) is 35.0 Å². The fourth-order valence-corrected chi connectivity index (χ4v) is 12.5. The SMILES string of the molecule is CCCS(=O)(=O)Nc1cccc(-c2nc(C(C)(C)C3CCN(C(=O)CN4CCC5(CC4)CN(c4ccc6c(c4)C(=O)N([C@@H]4CCC(=O)NC4=O)C6=O)C5)CC3)sc2-c2ccnc(N)n2)c1F. The number of hydrogen-bond donors (Lipinski definition) is 3. The summed E-state index contributed by atoms with van der Waals surface area (Å²) in [4.78, 5) is 85.9. The van der Waals surface area contributed by atoms with Gasteiger partial charge < -0.3 is 15.5 Å². The predicted octanol–water partition coefficient (Wildman–Crippen LogP) is 4.66. The molecule has 0 unspecified atom stereocenters. The second-order valence-electron chi connectivity index (χ2n) is 18.8. The van der Waals surface area contributed by atoms with Crippen molar-refractivity contribution in [1.29, 1.82) is 0 Å². The topological polar surface area (TPSA) is 221 Å². The summed E-state index contributed by atoms with van der Waals surface area (Å²) in [6, 6.07) is 10.5. The van der Waals surface area contributed by atoms with Crippen LogP contribution in [0.25, 0.3) is 21.8 Å². The highest BCUT2D eigenvalue weighted by molar-refractivity contribution is 7.92. The first kappa shape index (κ1) is 45.3. The lowest BCUT2D eigenvalue weighted by molar-refractivity contribution is -0.136. The number of thiazole rings is 1. The van der Waals surface area contributed by atoms with E-state index in [-0.39, 0.29) is 64.2 Å². The van der Waals surface area contributed by atoms with E-state index in [9.17, 15) is 32.4 Å². The van der Waals surface area contributed by atoms with E-state index in [2.05, 4.69) is 43.7 Å². The summed E-state index contributed by atoms with van der Waals surface area (Å²) < 4.78 is 43.8. The molecular weight excluding hydrogens is 888 g/mol. The van der Waals surface area contributed by atoms with E-state index in [1.165, 1.54) is 23.6 Å². The van der Waals surface area contributed by atoms with E-state index in [0.29, 0.717) is 42.3 Å². The van der Waals surface area contributed by atoms with Crippen LogP contribution in [0.5, 0.6) is 0 Å². The molecule has 1 spiro atoms. The van der Waals surface area contributed by atoms with Crippen LogP contribution in [0.3, 0.4) is 0 Å². The number of carbonyl (C=O) groups excluding carboxylic acids is 5. The van der Waals surface area contributed by atoms with Crippen molar-refractivity contribution >= 4 is 68.2 Å². The number of hydrogen-bond acceptors (Lipinski definition) is 14. The fourth-order valence-electron chi connectivity index (χ4n) is 10.2. The lowest BCUT2D eigenvalue weighted by Crippen LogP contribution is -2.61. The average Bonchev–Trinajstić information content (AvgIpc) is 3.83. The molecule has 5 amide bonds. The predicted molar refractivity (Wildman–Crippen MR) is 246 cm³/mol. The van der Waals surface area contributed by atoms with E-state index < -0.39 is 50.9 Å². The second-order valence-corrected chi connectivity index (χ2v) is 21.6. The summed E-state index contributed by atoms with van der Waals surface area (Å²) in [6.07, 6.45) is 5.45. The number of halogens is 1. The van der Waals surface area contributed by atoms with E-state index in [4.69, 9.17) is 10.7 Å². The number of anilines is 3. The summed E-state index contributed by atoms with van der Waals surface area (Å²) in [5.74, 6) is -2.65. The first-order valence-electron chi connectivity index (χ1n) is 22.5. The van der Waals surface area contributed by atoms with Crippen LogP contribution < -0.4 is 20.7 Å². The Kier molecular flexibility index (Phi) is 12.0. The number of benzene rings is 2. The van der Waals surface area contributed by atoms with E-state index in [1.54, 1.807) is 37.3 Å². The van der Waals surface area contributed by atoms with Crippen molar-refractivity contribution in [2.75, 3.05) is 66.9 Å². The van der Waals surface area contributed by atoms with Crippen LogP contribution in [0.15, 0.2) is 48.7 Å². The van der Waals surface area contributed by atoms with Gasteiger partial charge in [-0.3, -0.25) is 43.8 Å². The van der Waals surface area contributed by atoms with Gasteiger partial charge in [-0.1, -0.05) is 26.8 Å². The van der Waals surface area contributed by atoms with Crippen molar-refractivity contribution in [2.24, 2.45) is 11.3 Å². The molecule has 4 N–H and O–H groups in total. The Labute approximate surface area is 386 Å². The Hall–Kier alpha value is -5.86. The van der Waals surface area contributed by atoms with Gasteiger partial charge in [0, 0.05) is 60.9 Å². The maximum Gasteiger partial charge on any atom is 0.262 e. The minimum absolute atomic E-state index is 0.0553. The van der Waals surface area contributed by atoms with Gasteiger partial charge >= 0.3 is 0 Å². The van der Waals surface area contributed by atoms with Crippen LogP contribution in [-0.4, -0.2) is 125 Å². The number of imide groups is 2. The number of rotatable bonds is 12. The molecule has 1 atom stereocenters. The molecule has 9 rings (SSSR count). The molecule has 348 valence electrons. The number of nitrogens with zero attached hydrogens (tertiary/aromatic N) is 7. The lowest BCUT2D eigenvalue weighted by Gasteiger charge is -2.55. The van der Waals surface area contributed by atoms with Crippen molar-refractivity contribution in [3.63, 3.8) is 0 Å². The van der Waals surface area contributed by atoms with E-state index in [1.807, 2.05) is 11.0 Å². The van der Waals surface area contributed by atoms with Crippen molar-refractivity contribution in [2.45, 2.75) is 77.2 Å². The van der Waals surface area contributed by atoms with Gasteiger partial charge in [0.2, 0.25) is 33.7 Å². The zero-order valence-electron chi connectivity index (χ0n) is 37.1. The van der Waals surface area contributed by atoms with Crippen LogP contribution in [0.1, 0.15) is 91.4 Å². The number of carbonyl (C=O) groups is 5. The second kappa shape index (κ2) is 17.4. The van der Waals surface area contributed by atoms with Gasteiger partial charge in [-0.25, -0.2) is 27.8 Å². The largest absolute Gasteiger partial charge is 0.370 e. The molecule has 4 aromatic rings. The maximum absolute atomic E-state index is 16.2. The number of amides is 5. The van der Waals surface area contributed by atoms with Gasteiger partial charge in [-0.15, -0.1) is 11.3 Å². The first-order chi connectivity index (χ1) is 31.5. The van der Waals surface area contributed by atoms with Crippen LogP contribution in [-0.2, 0) is 29.8 Å². The van der Waals surface area contributed by atoms with Gasteiger partial charge in [0.15, 0.2) is 5.82 Å². The number of piperidine rings is 3. The lowest BCUT2D eigenvalue weighted by atomic mass is 9.71. The molecule has 0 bridgehead atoms. The molecule has 7 heterocycles. The van der Waals surface area contributed by atoms with Crippen LogP contribution >= 0.6 is 11.3 Å². The highest BCUT2D eigenvalue weighted by Gasteiger charge is 2.48. The summed E-state index contributed by atoms with van der Waals surface area (Å²) in [5, 5.41) is 2.99. The molecule has 2 aromatic carbocycles. The molecule has 17 nitrogen and oxygen atoms in total. The highest BCUT2D eigenvalue weighted by atomic mass is 32.2. The molecular formula is C46H53FN10O7S2. The van der Waals surface area contributed by atoms with Crippen LogP contribution in [0.2, 0.25) is 0 Å². The van der Waals surface area contributed by atoms with E-state index >= 15 is 4.39 Å². The zero-order chi connectivity index (χ0) is 46.7. The third-order valence-electron chi connectivity index (χ3n) is 14.1. The Balaban J connectivity index is 0.799. The molecule has 5 aliphatic rings. The van der Waals surface area contributed by atoms with Gasteiger partial charge in [0.05, 0.1) is 50.4 Å². The minimum atomic E-state index is -3.76. The Morgan fingerprint density at radius 1 is 0.970 bits per heavy atom. The Morgan fingerprint density at radius 2 is 1.70 bits per heavy atom. The molecule has 0 radical (unpaired) electrons. The summed E-state index contributed by atoms with van der Waals surface area (Å²) in [6.45, 7) is 10.7. The third kappa shape index (κ3) is 8.53. The van der Waals surface area contributed by atoms with Gasteiger partial charge in [-0.05, 0) is 93.9 Å². The molecule has 2 aromatic heterocycles. The van der Waals surface area contributed by atoms with Crippen molar-refractivity contribution < 1.29 is 36.8 Å². The summed E-state index contributed by atoms with van der Waals surface area (Å²) >= 11 is 1.40. The highest BCUT2D eigenvalue weighted by Crippen LogP contribution is 2.47. The van der Waals surface area contributed by atoms with Crippen LogP contribution in [0.4, 0.5) is 21.7 Å². The third-order valence-corrected chi connectivity index (χ3v) is 17.0. The quantitative estimate of drug-likeness (QED) is 0.165. The smallest absolute Gasteiger partial charge is 0.262 e. The minimum Gasteiger partial charge on any atom is -0.370 e. The van der Waals surface area contributed by atoms with Gasteiger partial charge in [0.25, 0.3) is 11.8 Å². The number of nitrogens with one attached hydrogen (secondary N) is 2. The van der Waals surface area contributed by atoms with Gasteiger partial charge in [0.1, 0.15) is 6.04 Å². The Morgan fingerprint density at radius 3 is 2.39 bits per heavy atom. The molecule has 66 heavy (non-hydrogen) atoms. The molecule has 0 aliphatic carbocycles. The summed E-state index contributed by atoms with van der Waals surface area (Å²) in [7, 11) is -3.76. The van der Waals surface area contributed by atoms with Gasteiger partial charge in [-0.2, -0.15) is 0 Å². The number of sulfonamides is 1. The number of aromatic nitrogens is 3. The molecule has 4 fully saturated rings. The molecule has 0 saturated carbocycles. The zero-order valence-corrected chi connectivity index (χ0v) is 38.8. The normalized spacial score (nSPS) is 20.4. The Bertz CT molecular complexity index is 2740. The van der Waals surface area contributed by atoms with Crippen LogP contribution in [0, 0.1) is 17.2 Å². The summed E-state index contributed by atoms with van der Waals surface area (Å²) in [5.41, 5.74) is 7.76. The molecule has 5 aliphatic heterocycles. The number of nitrogen functional groups attached to an aromatic ring is 1. The first-order valence-corrected chi connectivity index (χ1v) is 24.9. The van der Waals surface area contributed by atoms with E-state index in [0.717, 1.165) is 67.5 Å². The number of fused-ring (bicyclic) bond motifs is 1. The van der Waals surface area contributed by atoms with Crippen molar-refractivity contribution in [3.05, 3.63) is 70.6 Å². The maximum atomic E-state index is 16.2. The molecule has 4 saturated heterocycles. The standard InChI is InChI=1S/C46H53FN10O7S2/c1-4-22-66(63,64)53-32-7-5-6-30(37(32)47)38-39(33-12-17-49-44(48)50-33)65-43(52-38)45(2,3)27-13-18-55(19-14-27)36(59)24-54-20-15-46(16-21-54)25-56(26-46)28-8-9-29-31(23-28)42(62)57(41(29)61)34-10-11-35(58)51-40(34)60/h5-9,12,17,23,27,34,53H,4,10-11,13-16,18-22,24-26H2,1-3H3,(H2,48,49,50)(H,51,58,60)/t34-/m1/s1. The monoisotopic (exact) mass is 940 g/mol. The fraction of sp³-hybridized carbons (Fsp3) is 0.478. The molecule has 20 heteroatoms. The van der Waals surface area contributed by atoms with Crippen molar-refractivity contribution in [3.8, 4) is 21.8 Å². The number of likely N-dealkylation sites (tertiary alicyclic amines) is 2. The average molecular weight is 941 g/mol. The number of nitrogens with two attached hydrogens (primary N) is 1.